The SMILES string of the molecule is Cc1ccccc1-n1cc(CN2CCC(c3cccc(NC(=O)C(C)C)c3)CC2)c2ccc(Cl)cc21. The normalized spacial score (nSPS) is 15.0. The van der Waals surface area contributed by atoms with E-state index in [1.54, 1.807) is 0 Å². The standard InChI is InChI=1S/C31H34ClN3O/c1-21(2)31(36)33-27-9-6-8-24(17-27)23-13-15-34(16-14-23)19-25-20-35(29-10-5-4-7-22(29)3)30-18-26(32)11-12-28(25)30/h4-12,17-18,20-21,23H,13-16,19H2,1-3H3,(H,33,36). The molecule has 4 nitrogen and oxygen atoms in total. The van der Waals surface area contributed by atoms with E-state index in [0.29, 0.717) is 5.92 Å². The molecule has 1 aliphatic rings. The second-order valence-electron chi connectivity index (χ2n) is 10.3. The van der Waals surface area contributed by atoms with Gasteiger partial charge in [0.1, 0.15) is 0 Å². The number of para-hydroxylation sites is 1. The largest absolute Gasteiger partial charge is 0.326 e. The summed E-state index contributed by atoms with van der Waals surface area (Å²) in [6, 6.07) is 23.1. The van der Waals surface area contributed by atoms with Crippen LogP contribution in [0.1, 0.15) is 49.3 Å². The number of hydrogen-bond donors (Lipinski definition) is 1. The van der Waals surface area contributed by atoms with Crippen molar-refractivity contribution in [1.29, 1.82) is 0 Å². The minimum Gasteiger partial charge on any atom is -0.326 e. The summed E-state index contributed by atoms with van der Waals surface area (Å²) in [4.78, 5) is 14.7. The molecule has 5 heteroatoms. The van der Waals surface area contributed by atoms with Crippen molar-refractivity contribution >= 4 is 34.1 Å². The number of carbonyl (C=O) groups excluding carboxylic acids is 1. The Labute approximate surface area is 218 Å². The van der Waals surface area contributed by atoms with E-state index in [9.17, 15) is 4.79 Å². The van der Waals surface area contributed by atoms with Gasteiger partial charge in [-0.3, -0.25) is 9.69 Å². The van der Waals surface area contributed by atoms with Gasteiger partial charge in [0.2, 0.25) is 5.91 Å². The quantitative estimate of drug-likeness (QED) is 0.297. The lowest BCUT2D eigenvalue weighted by atomic mass is 9.89. The Morgan fingerprint density at radius 2 is 1.81 bits per heavy atom. The predicted molar refractivity (Wildman–Crippen MR) is 150 cm³/mol. The summed E-state index contributed by atoms with van der Waals surface area (Å²) < 4.78 is 2.29. The molecule has 1 aromatic heterocycles. The summed E-state index contributed by atoms with van der Waals surface area (Å²) in [6.45, 7) is 9.02. The van der Waals surface area contributed by atoms with Crippen molar-refractivity contribution in [2.45, 2.75) is 46.1 Å². The van der Waals surface area contributed by atoms with Crippen LogP contribution in [0.5, 0.6) is 0 Å². The number of nitrogens with one attached hydrogen (secondary N) is 1. The first-order valence-electron chi connectivity index (χ1n) is 12.9. The third-order valence-electron chi connectivity index (χ3n) is 7.36. The fourth-order valence-electron chi connectivity index (χ4n) is 5.25. The van der Waals surface area contributed by atoms with Crippen LogP contribution in [0.4, 0.5) is 5.69 Å². The van der Waals surface area contributed by atoms with Crippen LogP contribution in [0.25, 0.3) is 16.6 Å². The number of carbonyl (C=O) groups is 1. The highest BCUT2D eigenvalue weighted by Crippen LogP contribution is 2.33. The molecule has 0 radical (unpaired) electrons. The summed E-state index contributed by atoms with van der Waals surface area (Å²) in [5.41, 5.74) is 7.15. The van der Waals surface area contributed by atoms with Crippen molar-refractivity contribution in [3.05, 3.63) is 94.6 Å². The molecule has 0 bridgehead atoms. The molecule has 0 aliphatic carbocycles. The van der Waals surface area contributed by atoms with Crippen LogP contribution < -0.4 is 5.32 Å². The Hall–Kier alpha value is -3.08. The molecule has 186 valence electrons. The maximum Gasteiger partial charge on any atom is 0.226 e. The van der Waals surface area contributed by atoms with Crippen LogP contribution in [0.15, 0.2) is 72.9 Å². The summed E-state index contributed by atoms with van der Waals surface area (Å²) in [6.07, 6.45) is 4.52. The van der Waals surface area contributed by atoms with Crippen molar-refractivity contribution in [1.82, 2.24) is 9.47 Å². The first-order chi connectivity index (χ1) is 17.4. The average molecular weight is 500 g/mol. The van der Waals surface area contributed by atoms with Crippen molar-refractivity contribution in [3.8, 4) is 5.69 Å². The number of nitrogens with zero attached hydrogens (tertiary/aromatic N) is 2. The van der Waals surface area contributed by atoms with Crippen molar-refractivity contribution in [2.24, 2.45) is 5.92 Å². The number of benzene rings is 3. The first-order valence-corrected chi connectivity index (χ1v) is 13.3. The Morgan fingerprint density at radius 3 is 2.56 bits per heavy atom. The van der Waals surface area contributed by atoms with Gasteiger partial charge in [0.25, 0.3) is 0 Å². The Balaban J connectivity index is 1.31. The molecule has 1 amide bonds. The van der Waals surface area contributed by atoms with Gasteiger partial charge in [0.15, 0.2) is 0 Å². The molecule has 0 spiro atoms. The Morgan fingerprint density at radius 1 is 1.03 bits per heavy atom. The molecule has 2 heterocycles. The number of aryl methyl sites for hydroxylation is 1. The van der Waals surface area contributed by atoms with Gasteiger partial charge in [-0.2, -0.15) is 0 Å². The smallest absolute Gasteiger partial charge is 0.226 e. The van der Waals surface area contributed by atoms with Gasteiger partial charge in [-0.05, 0) is 85.8 Å². The van der Waals surface area contributed by atoms with Gasteiger partial charge < -0.3 is 9.88 Å². The van der Waals surface area contributed by atoms with Crippen molar-refractivity contribution < 1.29 is 4.79 Å². The molecule has 1 aliphatic heterocycles. The lowest BCUT2D eigenvalue weighted by molar-refractivity contribution is -0.118. The van der Waals surface area contributed by atoms with Crippen LogP contribution in [0.2, 0.25) is 5.02 Å². The fourth-order valence-corrected chi connectivity index (χ4v) is 5.42. The molecule has 0 unspecified atom stereocenters. The predicted octanol–water partition coefficient (Wildman–Crippen LogP) is 7.57. The number of hydrogen-bond acceptors (Lipinski definition) is 2. The van der Waals surface area contributed by atoms with Gasteiger partial charge in [0.05, 0.1) is 5.52 Å². The molecule has 1 saturated heterocycles. The lowest BCUT2D eigenvalue weighted by Crippen LogP contribution is -2.32. The lowest BCUT2D eigenvalue weighted by Gasteiger charge is -2.32. The zero-order chi connectivity index (χ0) is 25.2. The highest BCUT2D eigenvalue weighted by atomic mass is 35.5. The van der Waals surface area contributed by atoms with E-state index in [0.717, 1.165) is 48.7 Å². The average Bonchev–Trinajstić information content (AvgIpc) is 3.21. The fraction of sp³-hybridized carbons (Fsp3) is 0.323. The van der Waals surface area contributed by atoms with E-state index in [1.165, 1.54) is 27.8 Å². The second-order valence-corrected chi connectivity index (χ2v) is 10.7. The Bertz CT molecular complexity index is 1380. The van der Waals surface area contributed by atoms with Gasteiger partial charge in [-0.25, -0.2) is 0 Å². The number of fused-ring (bicyclic) bond motifs is 1. The number of piperidine rings is 1. The summed E-state index contributed by atoms with van der Waals surface area (Å²) in [7, 11) is 0. The van der Waals surface area contributed by atoms with E-state index >= 15 is 0 Å². The van der Waals surface area contributed by atoms with Crippen LogP contribution in [0, 0.1) is 12.8 Å². The molecule has 1 N–H and O–H groups in total. The molecule has 0 saturated carbocycles. The number of halogens is 1. The zero-order valence-electron chi connectivity index (χ0n) is 21.3. The molecule has 4 aromatic rings. The monoisotopic (exact) mass is 499 g/mol. The van der Waals surface area contributed by atoms with Gasteiger partial charge in [0, 0.05) is 40.4 Å². The highest BCUT2D eigenvalue weighted by Gasteiger charge is 2.23. The second kappa shape index (κ2) is 10.5. The molecule has 3 aromatic carbocycles. The van der Waals surface area contributed by atoms with Crippen LogP contribution in [-0.2, 0) is 11.3 Å². The van der Waals surface area contributed by atoms with Crippen molar-refractivity contribution in [2.75, 3.05) is 18.4 Å². The van der Waals surface area contributed by atoms with Gasteiger partial charge >= 0.3 is 0 Å². The van der Waals surface area contributed by atoms with Crippen LogP contribution in [0.3, 0.4) is 0 Å². The van der Waals surface area contributed by atoms with Crippen LogP contribution >= 0.6 is 11.6 Å². The third kappa shape index (κ3) is 5.21. The van der Waals surface area contributed by atoms with E-state index in [1.807, 2.05) is 26.0 Å². The summed E-state index contributed by atoms with van der Waals surface area (Å²) in [5, 5.41) is 5.06. The van der Waals surface area contributed by atoms with E-state index in [2.05, 4.69) is 82.5 Å². The minimum absolute atomic E-state index is 0.0235. The zero-order valence-corrected chi connectivity index (χ0v) is 22.1. The number of likely N-dealkylation sites (tertiary alicyclic amines) is 1. The molecular weight excluding hydrogens is 466 g/mol. The number of amides is 1. The Kier molecular flexibility index (Phi) is 7.17. The molecule has 1 fully saturated rings. The third-order valence-corrected chi connectivity index (χ3v) is 7.59. The minimum atomic E-state index is -0.0235. The van der Waals surface area contributed by atoms with Crippen LogP contribution in [-0.4, -0.2) is 28.5 Å². The number of aromatic nitrogens is 1. The van der Waals surface area contributed by atoms with E-state index in [4.69, 9.17) is 11.6 Å². The van der Waals surface area contributed by atoms with E-state index in [-0.39, 0.29) is 11.8 Å². The van der Waals surface area contributed by atoms with Crippen molar-refractivity contribution in [3.63, 3.8) is 0 Å². The highest BCUT2D eigenvalue weighted by molar-refractivity contribution is 6.31. The van der Waals surface area contributed by atoms with Gasteiger partial charge in [-0.1, -0.05) is 61.8 Å². The number of anilines is 1. The molecule has 5 rings (SSSR count). The molecule has 0 atom stereocenters. The summed E-state index contributed by atoms with van der Waals surface area (Å²) >= 11 is 6.40. The van der Waals surface area contributed by atoms with E-state index < -0.39 is 0 Å². The number of rotatable bonds is 6. The molecule has 36 heavy (non-hydrogen) atoms. The molecular formula is C31H34ClN3O. The topological polar surface area (TPSA) is 37.3 Å². The first kappa shape index (κ1) is 24.6. The maximum atomic E-state index is 12.1. The maximum absolute atomic E-state index is 12.1. The van der Waals surface area contributed by atoms with Gasteiger partial charge in [-0.15, -0.1) is 0 Å². The summed E-state index contributed by atoms with van der Waals surface area (Å²) in [5.74, 6) is 0.557.